The quantitative estimate of drug-likeness (QED) is 0.768. The summed E-state index contributed by atoms with van der Waals surface area (Å²) in [5.41, 5.74) is 0. The van der Waals surface area contributed by atoms with Crippen LogP contribution in [0, 0.1) is 17.8 Å². The Hall–Kier alpha value is -1.06. The summed E-state index contributed by atoms with van der Waals surface area (Å²) in [5.74, 6) is 0.590. The van der Waals surface area contributed by atoms with Gasteiger partial charge in [-0.05, 0) is 44.4 Å². The van der Waals surface area contributed by atoms with E-state index in [2.05, 4.69) is 0 Å². The molecule has 0 spiro atoms. The number of carboxylic acids is 1. The molecule has 0 aromatic carbocycles. The van der Waals surface area contributed by atoms with Crippen LogP contribution in [0.3, 0.4) is 0 Å². The lowest BCUT2D eigenvalue weighted by molar-refractivity contribution is -0.146. The molecule has 0 saturated heterocycles. The number of aliphatic carboxylic acids is 1. The van der Waals surface area contributed by atoms with E-state index < -0.39 is 5.97 Å². The minimum absolute atomic E-state index is 0.0269. The first-order chi connectivity index (χ1) is 8.04. The molecule has 0 heterocycles. The van der Waals surface area contributed by atoms with Gasteiger partial charge in [-0.15, -0.1) is 0 Å². The van der Waals surface area contributed by atoms with Gasteiger partial charge in [0, 0.05) is 12.0 Å². The summed E-state index contributed by atoms with van der Waals surface area (Å²) in [6.45, 7) is 3.76. The molecular formula is C13H21NO3. The molecule has 17 heavy (non-hydrogen) atoms. The van der Waals surface area contributed by atoms with Crippen LogP contribution in [0.15, 0.2) is 0 Å². The van der Waals surface area contributed by atoms with Crippen molar-refractivity contribution in [2.24, 2.45) is 17.8 Å². The lowest BCUT2D eigenvalue weighted by Crippen LogP contribution is -2.43. The molecule has 3 atom stereocenters. The number of carboxylic acid groups (broad SMARTS) is 1. The third kappa shape index (κ3) is 2.79. The molecular weight excluding hydrogens is 218 g/mol. The number of carbonyl (C=O) groups excluding carboxylic acids is 1. The summed E-state index contributed by atoms with van der Waals surface area (Å²) in [7, 11) is 0. The van der Waals surface area contributed by atoms with Crippen LogP contribution < -0.4 is 0 Å². The van der Waals surface area contributed by atoms with Crippen LogP contribution in [0.25, 0.3) is 0 Å². The van der Waals surface area contributed by atoms with Crippen molar-refractivity contribution in [1.82, 2.24) is 4.90 Å². The van der Waals surface area contributed by atoms with Gasteiger partial charge in [0.25, 0.3) is 0 Å². The fraction of sp³-hybridized carbons (Fsp3) is 0.846. The van der Waals surface area contributed by atoms with E-state index in [0.29, 0.717) is 5.92 Å². The van der Waals surface area contributed by atoms with Crippen LogP contribution >= 0.6 is 0 Å². The summed E-state index contributed by atoms with van der Waals surface area (Å²) < 4.78 is 0. The zero-order valence-electron chi connectivity index (χ0n) is 10.6. The third-order valence-corrected chi connectivity index (χ3v) is 4.10. The van der Waals surface area contributed by atoms with Crippen molar-refractivity contribution in [3.8, 4) is 0 Å². The number of hydrogen-bond acceptors (Lipinski definition) is 2. The number of amides is 1. The second kappa shape index (κ2) is 4.67. The van der Waals surface area contributed by atoms with Crippen molar-refractivity contribution in [2.75, 3.05) is 6.54 Å². The van der Waals surface area contributed by atoms with Gasteiger partial charge in [-0.2, -0.15) is 0 Å². The average molecular weight is 239 g/mol. The molecule has 96 valence electrons. The van der Waals surface area contributed by atoms with E-state index >= 15 is 0 Å². The molecule has 0 bridgehead atoms. The minimum Gasteiger partial charge on any atom is -0.480 e. The van der Waals surface area contributed by atoms with E-state index in [4.69, 9.17) is 5.11 Å². The van der Waals surface area contributed by atoms with Gasteiger partial charge in [0.1, 0.15) is 6.54 Å². The van der Waals surface area contributed by atoms with Crippen LogP contribution in [-0.4, -0.2) is 34.5 Å². The van der Waals surface area contributed by atoms with E-state index in [-0.39, 0.29) is 24.4 Å². The molecule has 0 aromatic rings. The van der Waals surface area contributed by atoms with Crippen molar-refractivity contribution in [3.05, 3.63) is 0 Å². The van der Waals surface area contributed by atoms with Crippen molar-refractivity contribution >= 4 is 11.9 Å². The van der Waals surface area contributed by atoms with Crippen LogP contribution in [0.5, 0.6) is 0 Å². The maximum atomic E-state index is 12.2. The second-order valence-corrected chi connectivity index (χ2v) is 5.46. The summed E-state index contributed by atoms with van der Waals surface area (Å²) in [6.07, 6.45) is 4.31. The van der Waals surface area contributed by atoms with Crippen LogP contribution in [0.2, 0.25) is 0 Å². The average Bonchev–Trinajstić information content (AvgIpc) is 3.14. The first kappa shape index (κ1) is 12.4. The number of hydrogen-bond donors (Lipinski definition) is 1. The Balaban J connectivity index is 1.94. The third-order valence-electron chi connectivity index (χ3n) is 4.10. The van der Waals surface area contributed by atoms with Gasteiger partial charge >= 0.3 is 5.97 Å². The highest BCUT2D eigenvalue weighted by molar-refractivity contribution is 5.85. The van der Waals surface area contributed by atoms with Gasteiger partial charge in [0.2, 0.25) is 5.91 Å². The fourth-order valence-electron chi connectivity index (χ4n) is 2.57. The normalized spacial score (nSPS) is 28.6. The van der Waals surface area contributed by atoms with Gasteiger partial charge < -0.3 is 10.0 Å². The maximum absolute atomic E-state index is 12.2. The number of carbonyl (C=O) groups is 2. The van der Waals surface area contributed by atoms with Crippen molar-refractivity contribution in [3.63, 3.8) is 0 Å². The standard InChI is InChI=1S/C13H21NO3/c1-3-8(2)14(7-12(15)16)13(17)11-6-10(11)9-4-5-9/h8-11H,3-7H2,1-2H3,(H,15,16)/t8-,10+,11-/m0/s1. The smallest absolute Gasteiger partial charge is 0.323 e. The Morgan fingerprint density at radius 2 is 2.06 bits per heavy atom. The maximum Gasteiger partial charge on any atom is 0.323 e. The molecule has 0 radical (unpaired) electrons. The predicted octanol–water partition coefficient (Wildman–Crippen LogP) is 1.74. The van der Waals surface area contributed by atoms with Crippen molar-refractivity contribution in [1.29, 1.82) is 0 Å². The Labute approximate surface area is 102 Å². The van der Waals surface area contributed by atoms with Crippen molar-refractivity contribution < 1.29 is 14.7 Å². The Morgan fingerprint density at radius 3 is 2.53 bits per heavy atom. The summed E-state index contributed by atoms with van der Waals surface area (Å²) in [4.78, 5) is 24.6. The SMILES string of the molecule is CC[C@H](C)N(CC(=O)O)C(=O)[C@H]1C[C@@H]1C1CC1. The number of rotatable bonds is 6. The minimum atomic E-state index is -0.915. The lowest BCUT2D eigenvalue weighted by atomic mass is 10.1. The molecule has 2 fully saturated rings. The first-order valence-corrected chi connectivity index (χ1v) is 6.56. The second-order valence-electron chi connectivity index (χ2n) is 5.46. The predicted molar refractivity (Wildman–Crippen MR) is 63.4 cm³/mol. The Bertz CT molecular complexity index is 325. The summed E-state index contributed by atoms with van der Waals surface area (Å²) in [5, 5.41) is 8.87. The van der Waals surface area contributed by atoms with Gasteiger partial charge in [0.05, 0.1) is 0 Å². The van der Waals surface area contributed by atoms with Gasteiger partial charge in [0.15, 0.2) is 0 Å². The zero-order valence-corrected chi connectivity index (χ0v) is 10.6. The van der Waals surface area contributed by atoms with Crippen molar-refractivity contribution in [2.45, 2.75) is 45.6 Å². The van der Waals surface area contributed by atoms with Crippen LogP contribution in [0.1, 0.15) is 39.5 Å². The van der Waals surface area contributed by atoms with E-state index in [1.807, 2.05) is 13.8 Å². The summed E-state index contributed by atoms with van der Waals surface area (Å²) in [6, 6.07) is 0.0269. The molecule has 2 aliphatic rings. The molecule has 2 saturated carbocycles. The Morgan fingerprint density at radius 1 is 1.41 bits per heavy atom. The van der Waals surface area contributed by atoms with Gasteiger partial charge in [-0.1, -0.05) is 6.92 Å². The van der Waals surface area contributed by atoms with Crippen LogP contribution in [0.4, 0.5) is 0 Å². The molecule has 0 aliphatic heterocycles. The topological polar surface area (TPSA) is 57.6 Å². The molecule has 2 rings (SSSR count). The van der Waals surface area contributed by atoms with Crippen LogP contribution in [-0.2, 0) is 9.59 Å². The first-order valence-electron chi connectivity index (χ1n) is 6.56. The molecule has 0 aromatic heterocycles. The highest BCUT2D eigenvalue weighted by atomic mass is 16.4. The van der Waals surface area contributed by atoms with E-state index in [9.17, 15) is 9.59 Å². The summed E-state index contributed by atoms with van der Waals surface area (Å²) >= 11 is 0. The molecule has 4 heteroatoms. The molecule has 2 aliphatic carbocycles. The lowest BCUT2D eigenvalue weighted by Gasteiger charge is -2.27. The van der Waals surface area contributed by atoms with E-state index in [0.717, 1.165) is 18.8 Å². The largest absolute Gasteiger partial charge is 0.480 e. The highest BCUT2D eigenvalue weighted by Crippen LogP contribution is 2.55. The number of nitrogens with zero attached hydrogens (tertiary/aromatic N) is 1. The molecule has 1 amide bonds. The van der Waals surface area contributed by atoms with E-state index in [1.165, 1.54) is 12.8 Å². The Kier molecular flexibility index (Phi) is 3.40. The monoisotopic (exact) mass is 239 g/mol. The van der Waals surface area contributed by atoms with Gasteiger partial charge in [-0.3, -0.25) is 9.59 Å². The van der Waals surface area contributed by atoms with Gasteiger partial charge in [-0.25, -0.2) is 0 Å². The molecule has 1 N–H and O–H groups in total. The highest BCUT2D eigenvalue weighted by Gasteiger charge is 2.52. The van der Waals surface area contributed by atoms with E-state index in [1.54, 1.807) is 4.90 Å². The molecule has 0 unspecified atom stereocenters. The zero-order chi connectivity index (χ0) is 12.6. The fourth-order valence-corrected chi connectivity index (χ4v) is 2.57. The molecule has 4 nitrogen and oxygen atoms in total.